The van der Waals surface area contributed by atoms with Crippen LogP contribution in [-0.2, 0) is 6.54 Å². The molecule has 2 heterocycles. The fourth-order valence-corrected chi connectivity index (χ4v) is 4.06. The summed E-state index contributed by atoms with van der Waals surface area (Å²) >= 11 is 0. The van der Waals surface area contributed by atoms with Crippen LogP contribution in [0.5, 0.6) is 11.5 Å². The summed E-state index contributed by atoms with van der Waals surface area (Å²) < 4.78 is 11.4. The molecular formula is C22H26N2O3. The largest absolute Gasteiger partial charge is 0.497 e. The van der Waals surface area contributed by atoms with Gasteiger partial charge < -0.3 is 20.1 Å². The van der Waals surface area contributed by atoms with E-state index in [4.69, 9.17) is 9.47 Å². The molecule has 1 fully saturated rings. The van der Waals surface area contributed by atoms with Gasteiger partial charge in [-0.05, 0) is 60.7 Å². The fraction of sp³-hybridized carbons (Fsp3) is 0.409. The Hall–Kier alpha value is -2.53. The number of hydrogen-bond acceptors (Lipinski definition) is 4. The van der Waals surface area contributed by atoms with Crippen molar-refractivity contribution in [3.63, 3.8) is 0 Å². The van der Waals surface area contributed by atoms with Gasteiger partial charge in [-0.15, -0.1) is 0 Å². The molecule has 0 aromatic heterocycles. The standard InChI is InChI=1S/C22H26N2O3/c1-26-18-7-4-15(5-8-18)20-3-2-10-23-12-17(20)14-27-19-9-6-16-13-24-22(25)21(16)11-19/h4-9,11,17,20,23H,2-3,10,12-14H2,1H3,(H,24,25)/t17-,20-/m1/s1. The SMILES string of the molecule is COc1ccc([C@H]2CCCNC[C@@H]2COc2ccc3c(c2)C(=O)NC3)cc1. The van der Waals surface area contributed by atoms with Gasteiger partial charge >= 0.3 is 0 Å². The summed E-state index contributed by atoms with van der Waals surface area (Å²) in [5, 5.41) is 6.38. The maximum absolute atomic E-state index is 11.9. The van der Waals surface area contributed by atoms with Gasteiger partial charge in [0.1, 0.15) is 11.5 Å². The minimum absolute atomic E-state index is 0.0114. The average Bonchev–Trinajstić information content (AvgIpc) is 2.92. The molecule has 0 radical (unpaired) electrons. The Morgan fingerprint density at radius 3 is 2.74 bits per heavy atom. The molecule has 2 aliphatic heterocycles. The minimum Gasteiger partial charge on any atom is -0.497 e. The second-order valence-corrected chi connectivity index (χ2v) is 7.30. The van der Waals surface area contributed by atoms with Gasteiger partial charge in [0.05, 0.1) is 13.7 Å². The number of fused-ring (bicyclic) bond motifs is 1. The fourth-order valence-electron chi connectivity index (χ4n) is 4.06. The smallest absolute Gasteiger partial charge is 0.252 e. The molecule has 142 valence electrons. The first-order chi connectivity index (χ1) is 13.2. The number of ether oxygens (including phenoxy) is 2. The summed E-state index contributed by atoms with van der Waals surface area (Å²) in [6.07, 6.45) is 2.30. The summed E-state index contributed by atoms with van der Waals surface area (Å²) in [6, 6.07) is 14.2. The summed E-state index contributed by atoms with van der Waals surface area (Å²) in [6.45, 7) is 3.22. The monoisotopic (exact) mass is 366 g/mol. The topological polar surface area (TPSA) is 59.6 Å². The third-order valence-corrected chi connectivity index (χ3v) is 5.62. The van der Waals surface area contributed by atoms with Gasteiger partial charge in [0.25, 0.3) is 5.91 Å². The van der Waals surface area contributed by atoms with Crippen LogP contribution in [0.25, 0.3) is 0 Å². The van der Waals surface area contributed by atoms with Gasteiger partial charge in [0.2, 0.25) is 0 Å². The Labute approximate surface area is 160 Å². The summed E-state index contributed by atoms with van der Waals surface area (Å²) in [5.74, 6) is 2.47. The molecule has 5 heteroatoms. The van der Waals surface area contributed by atoms with Crippen LogP contribution in [0.1, 0.15) is 40.2 Å². The highest BCUT2D eigenvalue weighted by molar-refractivity contribution is 5.98. The predicted molar refractivity (Wildman–Crippen MR) is 104 cm³/mol. The van der Waals surface area contributed by atoms with E-state index in [0.717, 1.165) is 48.6 Å². The molecule has 0 unspecified atom stereocenters. The molecule has 2 aromatic carbocycles. The lowest BCUT2D eigenvalue weighted by Gasteiger charge is -2.26. The highest BCUT2D eigenvalue weighted by atomic mass is 16.5. The van der Waals surface area contributed by atoms with Crippen molar-refractivity contribution in [2.24, 2.45) is 5.92 Å². The number of hydrogen-bond donors (Lipinski definition) is 2. The molecular weight excluding hydrogens is 340 g/mol. The second kappa shape index (κ2) is 8.01. The molecule has 2 aromatic rings. The van der Waals surface area contributed by atoms with E-state index < -0.39 is 0 Å². The van der Waals surface area contributed by atoms with Gasteiger partial charge in [0, 0.05) is 24.6 Å². The molecule has 0 spiro atoms. The van der Waals surface area contributed by atoms with E-state index in [1.54, 1.807) is 7.11 Å². The minimum atomic E-state index is -0.0114. The molecule has 2 atom stereocenters. The molecule has 4 rings (SSSR count). The van der Waals surface area contributed by atoms with Gasteiger partial charge in [-0.3, -0.25) is 4.79 Å². The molecule has 0 aliphatic carbocycles. The second-order valence-electron chi connectivity index (χ2n) is 7.30. The summed E-state index contributed by atoms with van der Waals surface area (Å²) in [7, 11) is 1.69. The number of rotatable bonds is 5. The van der Waals surface area contributed by atoms with Crippen molar-refractivity contribution in [2.45, 2.75) is 25.3 Å². The zero-order chi connectivity index (χ0) is 18.6. The lowest BCUT2D eigenvalue weighted by atomic mass is 9.84. The molecule has 2 N–H and O–H groups in total. The van der Waals surface area contributed by atoms with E-state index in [0.29, 0.717) is 25.0 Å². The van der Waals surface area contributed by atoms with Crippen molar-refractivity contribution in [1.29, 1.82) is 0 Å². The highest BCUT2D eigenvalue weighted by Gasteiger charge is 2.26. The van der Waals surface area contributed by atoms with E-state index in [1.165, 1.54) is 5.56 Å². The number of methoxy groups -OCH3 is 1. The number of benzene rings is 2. The van der Waals surface area contributed by atoms with Crippen LogP contribution in [0.3, 0.4) is 0 Å². The van der Waals surface area contributed by atoms with Gasteiger partial charge in [-0.1, -0.05) is 18.2 Å². The molecule has 0 saturated carbocycles. The van der Waals surface area contributed by atoms with Crippen molar-refractivity contribution in [3.05, 3.63) is 59.2 Å². The van der Waals surface area contributed by atoms with Crippen LogP contribution in [0.2, 0.25) is 0 Å². The van der Waals surface area contributed by atoms with Crippen molar-refractivity contribution in [3.8, 4) is 11.5 Å². The third kappa shape index (κ3) is 3.93. The predicted octanol–water partition coefficient (Wildman–Crippen LogP) is 3.10. The zero-order valence-electron chi connectivity index (χ0n) is 15.7. The van der Waals surface area contributed by atoms with Gasteiger partial charge in [-0.25, -0.2) is 0 Å². The molecule has 2 aliphatic rings. The summed E-state index contributed by atoms with van der Waals surface area (Å²) in [4.78, 5) is 11.9. The van der Waals surface area contributed by atoms with Crippen LogP contribution in [0, 0.1) is 5.92 Å². The van der Waals surface area contributed by atoms with Crippen LogP contribution in [0.15, 0.2) is 42.5 Å². The van der Waals surface area contributed by atoms with Crippen LogP contribution < -0.4 is 20.1 Å². The Bertz CT molecular complexity index is 804. The Balaban J connectivity index is 1.48. The number of nitrogens with one attached hydrogen (secondary N) is 2. The van der Waals surface area contributed by atoms with Crippen molar-refractivity contribution in [1.82, 2.24) is 10.6 Å². The van der Waals surface area contributed by atoms with Crippen LogP contribution >= 0.6 is 0 Å². The van der Waals surface area contributed by atoms with E-state index in [2.05, 4.69) is 22.8 Å². The molecule has 5 nitrogen and oxygen atoms in total. The Kier molecular flexibility index (Phi) is 5.30. The van der Waals surface area contributed by atoms with E-state index in [9.17, 15) is 4.79 Å². The number of amides is 1. The zero-order valence-corrected chi connectivity index (χ0v) is 15.7. The Morgan fingerprint density at radius 2 is 1.93 bits per heavy atom. The van der Waals surface area contributed by atoms with Crippen LogP contribution in [0.4, 0.5) is 0 Å². The van der Waals surface area contributed by atoms with Crippen molar-refractivity contribution >= 4 is 5.91 Å². The molecule has 1 saturated heterocycles. The first-order valence-corrected chi connectivity index (χ1v) is 9.63. The number of carbonyl (C=O) groups is 1. The normalized spacial score (nSPS) is 21.9. The first kappa shape index (κ1) is 17.9. The van der Waals surface area contributed by atoms with Crippen LogP contribution in [-0.4, -0.2) is 32.7 Å². The van der Waals surface area contributed by atoms with Crippen molar-refractivity contribution in [2.75, 3.05) is 26.8 Å². The van der Waals surface area contributed by atoms with E-state index in [-0.39, 0.29) is 5.91 Å². The summed E-state index contributed by atoms with van der Waals surface area (Å²) in [5.41, 5.74) is 3.11. The maximum Gasteiger partial charge on any atom is 0.252 e. The maximum atomic E-state index is 11.9. The molecule has 0 bridgehead atoms. The van der Waals surface area contributed by atoms with Gasteiger partial charge in [-0.2, -0.15) is 0 Å². The van der Waals surface area contributed by atoms with E-state index in [1.807, 2.05) is 30.3 Å². The highest BCUT2D eigenvalue weighted by Crippen LogP contribution is 2.33. The molecule has 27 heavy (non-hydrogen) atoms. The first-order valence-electron chi connectivity index (χ1n) is 9.63. The quantitative estimate of drug-likeness (QED) is 0.854. The van der Waals surface area contributed by atoms with Crippen molar-refractivity contribution < 1.29 is 14.3 Å². The molecule has 1 amide bonds. The lowest BCUT2D eigenvalue weighted by Crippen LogP contribution is -2.29. The average molecular weight is 366 g/mol. The Morgan fingerprint density at radius 1 is 1.11 bits per heavy atom. The van der Waals surface area contributed by atoms with Gasteiger partial charge in [0.15, 0.2) is 0 Å². The lowest BCUT2D eigenvalue weighted by molar-refractivity contribution is 0.0965. The van der Waals surface area contributed by atoms with E-state index >= 15 is 0 Å². The number of carbonyl (C=O) groups excluding carboxylic acids is 1. The third-order valence-electron chi connectivity index (χ3n) is 5.62.